The second kappa shape index (κ2) is 3.46. The number of primary sulfonamides is 2. The lowest BCUT2D eigenvalue weighted by Gasteiger charge is -2.19. The molecule has 6 nitrogen and oxygen atoms in total. The third kappa shape index (κ3) is 2.41. The van der Waals surface area contributed by atoms with Gasteiger partial charge in [0.05, 0.1) is 0 Å². The predicted molar refractivity (Wildman–Crippen MR) is 52.1 cm³/mol. The Morgan fingerprint density at radius 1 is 0.786 bits per heavy atom. The highest BCUT2D eigenvalue weighted by molar-refractivity contribution is 7.94. The van der Waals surface area contributed by atoms with Crippen LogP contribution in [0.1, 0.15) is 0 Å². The highest BCUT2D eigenvalue weighted by Crippen LogP contribution is 2.16. The van der Waals surface area contributed by atoms with Crippen molar-refractivity contribution in [3.05, 3.63) is 24.3 Å². The SMILES string of the molecule is NS(=O)(=O)C1C=CC=CC1S(N)(=O)=O. The lowest BCUT2D eigenvalue weighted by molar-refractivity contribution is 0.574. The van der Waals surface area contributed by atoms with Gasteiger partial charge in [-0.1, -0.05) is 24.3 Å². The molecule has 0 saturated heterocycles. The second-order valence-electron chi connectivity index (χ2n) is 2.88. The van der Waals surface area contributed by atoms with E-state index in [1.807, 2.05) is 0 Å². The minimum absolute atomic E-state index is 1.20. The first-order valence-electron chi connectivity index (χ1n) is 3.61. The monoisotopic (exact) mass is 238 g/mol. The number of nitrogens with two attached hydrogens (primary N) is 2. The van der Waals surface area contributed by atoms with Crippen LogP contribution in [0.15, 0.2) is 24.3 Å². The molecule has 0 aliphatic heterocycles. The molecule has 0 bridgehead atoms. The molecule has 0 fully saturated rings. The molecule has 0 aromatic carbocycles. The molecule has 0 spiro atoms. The average Bonchev–Trinajstić information content (AvgIpc) is 2.01. The Balaban J connectivity index is 3.20. The summed E-state index contributed by atoms with van der Waals surface area (Å²) in [4.78, 5) is 0. The van der Waals surface area contributed by atoms with Crippen LogP contribution in [0.3, 0.4) is 0 Å². The standard InChI is InChI=1S/C6H10N2O4S2/c7-13(9,10)5-3-1-2-4-6(5)14(8,11)12/h1-6H,(H2,7,9,10)(H2,8,11,12). The van der Waals surface area contributed by atoms with Crippen LogP contribution in [0, 0.1) is 0 Å². The molecule has 0 heterocycles. The largest absolute Gasteiger partial charge is 0.228 e. The summed E-state index contributed by atoms with van der Waals surface area (Å²) in [6, 6.07) is 0. The lowest BCUT2D eigenvalue weighted by Crippen LogP contribution is -2.44. The van der Waals surface area contributed by atoms with Crippen LogP contribution < -0.4 is 10.3 Å². The zero-order valence-corrected chi connectivity index (χ0v) is 8.70. The summed E-state index contributed by atoms with van der Waals surface area (Å²) < 4.78 is 44.1. The molecule has 0 amide bonds. The summed E-state index contributed by atoms with van der Waals surface area (Å²) in [5.41, 5.74) is 0. The molecule has 1 aliphatic rings. The lowest BCUT2D eigenvalue weighted by atomic mass is 10.2. The van der Waals surface area contributed by atoms with Gasteiger partial charge in [0.15, 0.2) is 0 Å². The summed E-state index contributed by atoms with van der Waals surface area (Å²) in [5.74, 6) is 0. The van der Waals surface area contributed by atoms with Gasteiger partial charge in [-0.05, 0) is 0 Å². The predicted octanol–water partition coefficient (Wildman–Crippen LogP) is -1.57. The van der Waals surface area contributed by atoms with Crippen molar-refractivity contribution < 1.29 is 16.8 Å². The van der Waals surface area contributed by atoms with Crippen molar-refractivity contribution in [2.45, 2.75) is 10.5 Å². The first-order chi connectivity index (χ1) is 6.23. The Morgan fingerprint density at radius 3 is 1.29 bits per heavy atom. The zero-order valence-electron chi connectivity index (χ0n) is 7.07. The van der Waals surface area contributed by atoms with Crippen molar-refractivity contribution in [1.82, 2.24) is 0 Å². The molecule has 4 N–H and O–H groups in total. The van der Waals surface area contributed by atoms with Crippen molar-refractivity contribution in [2.24, 2.45) is 10.3 Å². The van der Waals surface area contributed by atoms with Crippen LogP contribution in [0.25, 0.3) is 0 Å². The van der Waals surface area contributed by atoms with E-state index in [9.17, 15) is 16.8 Å². The number of sulfonamides is 2. The van der Waals surface area contributed by atoms with Gasteiger partial charge < -0.3 is 0 Å². The fourth-order valence-corrected chi connectivity index (χ4v) is 3.64. The zero-order chi connectivity index (χ0) is 11.0. The molecule has 14 heavy (non-hydrogen) atoms. The van der Waals surface area contributed by atoms with E-state index in [4.69, 9.17) is 10.3 Å². The highest BCUT2D eigenvalue weighted by Gasteiger charge is 2.35. The molecular formula is C6H10N2O4S2. The Kier molecular flexibility index (Phi) is 2.81. The number of allylic oxidation sites excluding steroid dienone is 2. The van der Waals surface area contributed by atoms with Gasteiger partial charge in [-0.2, -0.15) is 0 Å². The van der Waals surface area contributed by atoms with Crippen molar-refractivity contribution in [3.8, 4) is 0 Å². The van der Waals surface area contributed by atoms with Gasteiger partial charge in [-0.3, -0.25) is 0 Å². The smallest absolute Gasteiger partial charge is 0.217 e. The third-order valence-electron chi connectivity index (χ3n) is 1.80. The van der Waals surface area contributed by atoms with E-state index in [1.54, 1.807) is 0 Å². The van der Waals surface area contributed by atoms with Gasteiger partial charge in [-0.25, -0.2) is 27.1 Å². The van der Waals surface area contributed by atoms with Gasteiger partial charge in [-0.15, -0.1) is 0 Å². The first kappa shape index (κ1) is 11.4. The van der Waals surface area contributed by atoms with Crippen LogP contribution in [0.5, 0.6) is 0 Å². The molecule has 0 aromatic heterocycles. The van der Waals surface area contributed by atoms with E-state index in [-0.39, 0.29) is 0 Å². The maximum Gasteiger partial charge on any atom is 0.217 e. The molecule has 0 radical (unpaired) electrons. The molecule has 2 atom stereocenters. The van der Waals surface area contributed by atoms with Gasteiger partial charge >= 0.3 is 0 Å². The van der Waals surface area contributed by atoms with Crippen LogP contribution in [-0.2, 0) is 20.0 Å². The molecule has 1 aliphatic carbocycles. The molecule has 80 valence electrons. The van der Waals surface area contributed by atoms with Crippen LogP contribution in [0.4, 0.5) is 0 Å². The second-order valence-corrected chi connectivity index (χ2v) is 6.32. The van der Waals surface area contributed by atoms with Crippen LogP contribution in [-0.4, -0.2) is 27.3 Å². The van der Waals surface area contributed by atoms with E-state index in [2.05, 4.69) is 0 Å². The maximum absolute atomic E-state index is 11.0. The molecule has 8 heteroatoms. The van der Waals surface area contributed by atoms with Gasteiger partial charge in [0, 0.05) is 0 Å². The summed E-state index contributed by atoms with van der Waals surface area (Å²) in [6.45, 7) is 0. The molecule has 0 saturated carbocycles. The van der Waals surface area contributed by atoms with E-state index in [1.165, 1.54) is 24.3 Å². The van der Waals surface area contributed by atoms with E-state index >= 15 is 0 Å². The van der Waals surface area contributed by atoms with E-state index in [0.29, 0.717) is 0 Å². The van der Waals surface area contributed by atoms with E-state index in [0.717, 1.165) is 0 Å². The third-order valence-corrected chi connectivity index (χ3v) is 4.39. The quantitative estimate of drug-likeness (QED) is 0.603. The minimum Gasteiger partial charge on any atom is -0.228 e. The molecule has 1 rings (SSSR count). The maximum atomic E-state index is 11.0. The Hall–Kier alpha value is -0.700. The van der Waals surface area contributed by atoms with Crippen molar-refractivity contribution in [3.63, 3.8) is 0 Å². The topological polar surface area (TPSA) is 120 Å². The average molecular weight is 238 g/mol. The summed E-state index contributed by atoms with van der Waals surface area (Å²) in [6.07, 6.45) is 5.22. The van der Waals surface area contributed by atoms with E-state index < -0.39 is 30.5 Å². The molecular weight excluding hydrogens is 228 g/mol. The normalized spacial score (nSPS) is 27.9. The van der Waals surface area contributed by atoms with Crippen molar-refractivity contribution in [1.29, 1.82) is 0 Å². The molecule has 2 unspecified atom stereocenters. The van der Waals surface area contributed by atoms with Gasteiger partial charge in [0.2, 0.25) is 20.0 Å². The number of rotatable bonds is 2. The van der Waals surface area contributed by atoms with Gasteiger partial charge in [0.1, 0.15) is 10.5 Å². The number of hydrogen-bond donors (Lipinski definition) is 2. The summed E-state index contributed by atoms with van der Waals surface area (Å²) >= 11 is 0. The first-order valence-corrected chi connectivity index (χ1v) is 6.83. The fraction of sp³-hybridized carbons (Fsp3) is 0.333. The minimum atomic E-state index is -3.96. The molecule has 0 aromatic rings. The van der Waals surface area contributed by atoms with Gasteiger partial charge in [0.25, 0.3) is 0 Å². The highest BCUT2D eigenvalue weighted by atomic mass is 32.2. The summed E-state index contributed by atoms with van der Waals surface area (Å²) in [5, 5.41) is 7.12. The van der Waals surface area contributed by atoms with Crippen molar-refractivity contribution in [2.75, 3.05) is 0 Å². The fourth-order valence-electron chi connectivity index (χ4n) is 1.16. The Morgan fingerprint density at radius 2 is 1.07 bits per heavy atom. The summed E-state index contributed by atoms with van der Waals surface area (Å²) in [7, 11) is -7.91. The Labute approximate surface area is 82.4 Å². The van der Waals surface area contributed by atoms with Crippen LogP contribution in [0.2, 0.25) is 0 Å². The Bertz CT molecular complexity index is 428. The van der Waals surface area contributed by atoms with Crippen LogP contribution >= 0.6 is 0 Å². The van der Waals surface area contributed by atoms with Crippen molar-refractivity contribution >= 4 is 20.0 Å². The number of hydrogen-bond acceptors (Lipinski definition) is 4.